The molecule has 16 heavy (non-hydrogen) atoms. The lowest BCUT2D eigenvalue weighted by Gasteiger charge is -2.02. The third-order valence-corrected chi connectivity index (χ3v) is 2.72. The van der Waals surface area contributed by atoms with E-state index in [0.717, 1.165) is 11.5 Å². The predicted octanol–water partition coefficient (Wildman–Crippen LogP) is 1.12. The molecule has 0 aromatic carbocycles. The van der Waals surface area contributed by atoms with E-state index < -0.39 is 5.97 Å². The highest BCUT2D eigenvalue weighted by Gasteiger charge is 2.18. The van der Waals surface area contributed by atoms with Crippen molar-refractivity contribution in [3.63, 3.8) is 0 Å². The van der Waals surface area contributed by atoms with E-state index in [1.54, 1.807) is 6.92 Å². The van der Waals surface area contributed by atoms with Gasteiger partial charge in [0.25, 0.3) is 0 Å². The highest BCUT2D eigenvalue weighted by Crippen LogP contribution is 2.24. The fraction of sp³-hybridized carbons (Fsp3) is 0.444. The fourth-order valence-electron chi connectivity index (χ4n) is 1.09. The molecule has 0 fully saturated rings. The minimum Gasteiger partial charge on any atom is -0.478 e. The van der Waals surface area contributed by atoms with Crippen LogP contribution in [0.2, 0.25) is 0 Å². The number of ether oxygens (including phenoxy) is 1. The molecule has 0 atom stereocenters. The third-order valence-electron chi connectivity index (χ3n) is 1.86. The van der Waals surface area contributed by atoms with Crippen LogP contribution in [0.5, 0.6) is 0 Å². The highest BCUT2D eigenvalue weighted by molar-refractivity contribution is 7.11. The van der Waals surface area contributed by atoms with Crippen molar-refractivity contribution in [1.82, 2.24) is 4.37 Å². The Balaban J connectivity index is 2.74. The van der Waals surface area contributed by atoms with Gasteiger partial charge in [0, 0.05) is 7.11 Å². The summed E-state index contributed by atoms with van der Waals surface area (Å²) in [5.74, 6) is -1.37. The first-order valence-electron chi connectivity index (χ1n) is 4.54. The summed E-state index contributed by atoms with van der Waals surface area (Å²) >= 11 is 0.963. The quantitative estimate of drug-likeness (QED) is 0.810. The second-order valence-electron chi connectivity index (χ2n) is 3.07. The summed E-state index contributed by atoms with van der Waals surface area (Å²) < 4.78 is 8.63. The van der Waals surface area contributed by atoms with Crippen molar-refractivity contribution < 1.29 is 19.4 Å². The van der Waals surface area contributed by atoms with Gasteiger partial charge < -0.3 is 15.2 Å². The van der Waals surface area contributed by atoms with Gasteiger partial charge in [0.05, 0.1) is 18.7 Å². The van der Waals surface area contributed by atoms with Crippen LogP contribution in [-0.4, -0.2) is 35.1 Å². The summed E-state index contributed by atoms with van der Waals surface area (Å²) in [7, 11) is 1.49. The van der Waals surface area contributed by atoms with Crippen LogP contribution in [0.4, 0.5) is 5.00 Å². The molecule has 0 aliphatic rings. The summed E-state index contributed by atoms with van der Waals surface area (Å²) in [5, 5.41) is 11.7. The number of carbonyl (C=O) groups is 2. The maximum Gasteiger partial charge on any atom is 0.340 e. The monoisotopic (exact) mass is 244 g/mol. The average Bonchev–Trinajstić information content (AvgIpc) is 2.56. The SMILES string of the molecule is COCCC(=O)Nc1snc(C)c1C(=O)O. The Hall–Kier alpha value is -1.47. The van der Waals surface area contributed by atoms with Crippen LogP contribution in [0, 0.1) is 6.92 Å². The van der Waals surface area contributed by atoms with Crippen LogP contribution in [0.15, 0.2) is 0 Å². The Morgan fingerprint density at radius 3 is 2.81 bits per heavy atom. The van der Waals surface area contributed by atoms with Crippen LogP contribution >= 0.6 is 11.5 Å². The molecule has 0 radical (unpaired) electrons. The molecule has 88 valence electrons. The summed E-state index contributed by atoms with van der Waals surface area (Å²) in [5.41, 5.74) is 0.454. The van der Waals surface area contributed by atoms with Crippen molar-refractivity contribution in [1.29, 1.82) is 0 Å². The summed E-state index contributed by atoms with van der Waals surface area (Å²) in [6, 6.07) is 0. The van der Waals surface area contributed by atoms with Gasteiger partial charge in [-0.1, -0.05) is 0 Å². The number of amides is 1. The molecule has 1 amide bonds. The van der Waals surface area contributed by atoms with E-state index in [1.165, 1.54) is 7.11 Å². The van der Waals surface area contributed by atoms with Crippen LogP contribution in [-0.2, 0) is 9.53 Å². The van der Waals surface area contributed by atoms with Gasteiger partial charge in [-0.15, -0.1) is 0 Å². The number of carboxylic acid groups (broad SMARTS) is 1. The Bertz CT molecular complexity index is 402. The van der Waals surface area contributed by atoms with Gasteiger partial charge in [-0.25, -0.2) is 4.79 Å². The zero-order valence-corrected chi connectivity index (χ0v) is 9.76. The number of aromatic nitrogens is 1. The Labute approximate surface area is 96.4 Å². The van der Waals surface area contributed by atoms with E-state index >= 15 is 0 Å². The minimum absolute atomic E-state index is 0.0516. The molecule has 1 aromatic heterocycles. The van der Waals surface area contributed by atoms with E-state index in [-0.39, 0.29) is 22.9 Å². The van der Waals surface area contributed by atoms with E-state index in [9.17, 15) is 9.59 Å². The van der Waals surface area contributed by atoms with Gasteiger partial charge in [0.15, 0.2) is 0 Å². The van der Waals surface area contributed by atoms with E-state index in [2.05, 4.69) is 9.69 Å². The Morgan fingerprint density at radius 1 is 1.56 bits per heavy atom. The molecule has 2 N–H and O–H groups in total. The maximum atomic E-state index is 11.4. The lowest BCUT2D eigenvalue weighted by molar-refractivity contribution is -0.117. The summed E-state index contributed by atoms with van der Waals surface area (Å²) in [6.07, 6.45) is 0.187. The zero-order valence-electron chi connectivity index (χ0n) is 8.94. The van der Waals surface area contributed by atoms with Crippen LogP contribution in [0.3, 0.4) is 0 Å². The molecule has 6 nitrogen and oxygen atoms in total. The van der Waals surface area contributed by atoms with Gasteiger partial charge >= 0.3 is 5.97 Å². The van der Waals surface area contributed by atoms with E-state index in [0.29, 0.717) is 12.3 Å². The van der Waals surface area contributed by atoms with Crippen molar-refractivity contribution in [2.45, 2.75) is 13.3 Å². The Morgan fingerprint density at radius 2 is 2.25 bits per heavy atom. The molecule has 0 unspecified atom stereocenters. The molecular formula is C9H12N2O4S. The molecule has 0 saturated heterocycles. The first-order chi connectivity index (χ1) is 7.56. The molecule has 1 rings (SSSR count). The van der Waals surface area contributed by atoms with Gasteiger partial charge in [-0.2, -0.15) is 4.37 Å². The number of nitrogens with zero attached hydrogens (tertiary/aromatic N) is 1. The van der Waals surface area contributed by atoms with Crippen molar-refractivity contribution in [3.05, 3.63) is 11.3 Å². The number of aromatic carboxylic acids is 1. The second-order valence-corrected chi connectivity index (χ2v) is 3.84. The number of aryl methyl sites for hydroxylation is 1. The molecule has 1 heterocycles. The van der Waals surface area contributed by atoms with Crippen molar-refractivity contribution in [3.8, 4) is 0 Å². The van der Waals surface area contributed by atoms with Crippen molar-refractivity contribution in [2.75, 3.05) is 19.0 Å². The number of nitrogens with one attached hydrogen (secondary N) is 1. The third kappa shape index (κ3) is 3.01. The topological polar surface area (TPSA) is 88.5 Å². The number of rotatable bonds is 5. The Kier molecular flexibility index (Phi) is 4.39. The van der Waals surface area contributed by atoms with Crippen LogP contribution in [0.25, 0.3) is 0 Å². The van der Waals surface area contributed by atoms with Gasteiger partial charge in [0.1, 0.15) is 10.6 Å². The van der Waals surface area contributed by atoms with E-state index in [1.807, 2.05) is 0 Å². The number of methoxy groups -OCH3 is 1. The molecule has 7 heteroatoms. The number of hydrogen-bond acceptors (Lipinski definition) is 5. The maximum absolute atomic E-state index is 11.4. The normalized spacial score (nSPS) is 10.1. The summed E-state index contributed by atoms with van der Waals surface area (Å²) in [4.78, 5) is 22.2. The van der Waals surface area contributed by atoms with Crippen molar-refractivity contribution >= 4 is 28.4 Å². The predicted molar refractivity (Wildman–Crippen MR) is 58.9 cm³/mol. The van der Waals surface area contributed by atoms with Gasteiger partial charge in [0.2, 0.25) is 5.91 Å². The lowest BCUT2D eigenvalue weighted by atomic mass is 10.2. The van der Waals surface area contributed by atoms with E-state index in [4.69, 9.17) is 9.84 Å². The minimum atomic E-state index is -1.09. The zero-order chi connectivity index (χ0) is 12.1. The number of carbonyl (C=O) groups excluding carboxylic acids is 1. The average molecular weight is 244 g/mol. The highest BCUT2D eigenvalue weighted by atomic mass is 32.1. The fourth-order valence-corrected chi connectivity index (χ4v) is 1.90. The first kappa shape index (κ1) is 12.6. The first-order valence-corrected chi connectivity index (χ1v) is 5.32. The molecule has 1 aromatic rings. The largest absolute Gasteiger partial charge is 0.478 e. The second kappa shape index (κ2) is 5.57. The smallest absolute Gasteiger partial charge is 0.340 e. The van der Waals surface area contributed by atoms with Crippen molar-refractivity contribution in [2.24, 2.45) is 0 Å². The molecular weight excluding hydrogens is 232 g/mol. The molecule has 0 aliphatic heterocycles. The molecule has 0 bridgehead atoms. The number of hydrogen-bond donors (Lipinski definition) is 2. The molecule has 0 saturated carbocycles. The van der Waals surface area contributed by atoms with Gasteiger partial charge in [-0.05, 0) is 18.5 Å². The number of anilines is 1. The lowest BCUT2D eigenvalue weighted by Crippen LogP contribution is -2.14. The standard InChI is InChI=1S/C9H12N2O4S/c1-5-7(9(13)14)8(16-11-5)10-6(12)3-4-15-2/h3-4H2,1-2H3,(H,10,12)(H,13,14). The molecule has 0 spiro atoms. The van der Waals surface area contributed by atoms with Crippen LogP contribution < -0.4 is 5.32 Å². The van der Waals surface area contributed by atoms with Crippen LogP contribution in [0.1, 0.15) is 22.5 Å². The number of carboxylic acids is 1. The van der Waals surface area contributed by atoms with Gasteiger partial charge in [-0.3, -0.25) is 4.79 Å². The molecule has 0 aliphatic carbocycles. The summed E-state index contributed by atoms with van der Waals surface area (Å²) in [6.45, 7) is 1.89.